The van der Waals surface area contributed by atoms with Gasteiger partial charge in [0.15, 0.2) is 17.8 Å². The van der Waals surface area contributed by atoms with Crippen molar-refractivity contribution in [2.24, 2.45) is 0 Å². The number of nitrogens with zero attached hydrogens (tertiary/aromatic N) is 5. The number of fused-ring (bicyclic) bond motifs is 2. The molecule has 0 unspecified atom stereocenters. The summed E-state index contributed by atoms with van der Waals surface area (Å²) in [6.07, 6.45) is 5.88. The Labute approximate surface area is 174 Å². The summed E-state index contributed by atoms with van der Waals surface area (Å²) in [5, 5.41) is 0.624. The fourth-order valence-electron chi connectivity index (χ4n) is 3.08. The van der Waals surface area contributed by atoms with Crippen molar-refractivity contribution >= 4 is 48.2 Å². The quantitative estimate of drug-likeness (QED) is 0.246. The van der Waals surface area contributed by atoms with E-state index in [4.69, 9.17) is 16.3 Å². The van der Waals surface area contributed by atoms with Gasteiger partial charge >= 0.3 is 0 Å². The average Bonchev–Trinajstić information content (AvgIpc) is 3.24. The van der Waals surface area contributed by atoms with Crippen LogP contribution < -0.4 is 0 Å². The van der Waals surface area contributed by atoms with Gasteiger partial charge in [-0.25, -0.2) is 15.0 Å². The number of imidazole rings is 1. The van der Waals surface area contributed by atoms with E-state index in [0.29, 0.717) is 40.9 Å². The molecule has 0 aliphatic heterocycles. The first-order valence-electron chi connectivity index (χ1n) is 9.37. The molecule has 4 aromatic rings. The summed E-state index contributed by atoms with van der Waals surface area (Å²) < 4.78 is 9.47. The second kappa shape index (κ2) is 7.70. The molecule has 1 aromatic carbocycles. The Bertz CT molecular complexity index is 1190. The van der Waals surface area contributed by atoms with Gasteiger partial charge in [-0.15, -0.1) is 0 Å². The van der Waals surface area contributed by atoms with Crippen LogP contribution in [0, 0.1) is 0 Å². The first-order chi connectivity index (χ1) is 13.9. The topological polar surface area (TPSA) is 74.8 Å². The maximum absolute atomic E-state index is 11.6. The van der Waals surface area contributed by atoms with E-state index in [9.17, 15) is 4.79 Å². The van der Waals surface area contributed by atoms with Crippen molar-refractivity contribution in [1.29, 1.82) is 0 Å². The van der Waals surface area contributed by atoms with Crippen molar-refractivity contribution in [1.82, 2.24) is 24.1 Å². The molecule has 0 bridgehead atoms. The number of aldehydes is 1. The number of benzene rings is 1. The molecule has 0 aliphatic carbocycles. The van der Waals surface area contributed by atoms with E-state index < -0.39 is 8.07 Å². The minimum atomic E-state index is -1.15. The highest BCUT2D eigenvalue weighted by Crippen LogP contribution is 2.23. The lowest BCUT2D eigenvalue weighted by Gasteiger charge is -2.15. The second-order valence-corrected chi connectivity index (χ2v) is 14.2. The van der Waals surface area contributed by atoms with Gasteiger partial charge in [0.25, 0.3) is 0 Å². The van der Waals surface area contributed by atoms with Gasteiger partial charge in [0.2, 0.25) is 0 Å². The molecular formula is C20H22ClN5O2Si. The standard InChI is InChI=1S/C20H22ClN5O2Si/c1-29(2,3)7-6-28-13-25-10-14(11-27)19-20(25)22-9-18(24-19)26-12-23-16-8-15(21)4-5-17(16)26/h4-5,8-12H,6-7,13H2,1-3H3. The van der Waals surface area contributed by atoms with Gasteiger partial charge in [-0.05, 0) is 24.2 Å². The molecule has 3 heterocycles. The van der Waals surface area contributed by atoms with E-state index in [1.54, 1.807) is 30.9 Å². The predicted molar refractivity (Wildman–Crippen MR) is 117 cm³/mol. The van der Waals surface area contributed by atoms with Gasteiger partial charge in [0.05, 0.1) is 22.8 Å². The summed E-state index contributed by atoms with van der Waals surface area (Å²) in [7, 11) is -1.15. The smallest absolute Gasteiger partial charge is 0.161 e. The van der Waals surface area contributed by atoms with Crippen LogP contribution in [0.25, 0.3) is 28.0 Å². The van der Waals surface area contributed by atoms with E-state index >= 15 is 0 Å². The summed E-state index contributed by atoms with van der Waals surface area (Å²) in [6.45, 7) is 7.97. The Morgan fingerprint density at radius 1 is 1.24 bits per heavy atom. The highest BCUT2D eigenvalue weighted by molar-refractivity contribution is 6.76. The van der Waals surface area contributed by atoms with Gasteiger partial charge < -0.3 is 9.30 Å². The molecule has 0 radical (unpaired) electrons. The zero-order chi connectivity index (χ0) is 20.6. The molecule has 150 valence electrons. The van der Waals surface area contributed by atoms with Crippen molar-refractivity contribution in [2.75, 3.05) is 6.61 Å². The Kier molecular flexibility index (Phi) is 5.24. The Morgan fingerprint density at radius 2 is 2.07 bits per heavy atom. The number of rotatable bonds is 7. The number of ether oxygens (including phenoxy) is 1. The molecule has 0 spiro atoms. The molecule has 0 saturated carbocycles. The molecule has 3 aromatic heterocycles. The predicted octanol–water partition coefficient (Wildman–Crippen LogP) is 4.55. The summed E-state index contributed by atoms with van der Waals surface area (Å²) in [4.78, 5) is 25.2. The molecule has 0 fully saturated rings. The average molecular weight is 428 g/mol. The maximum Gasteiger partial charge on any atom is 0.161 e. The normalized spacial score (nSPS) is 12.1. The summed E-state index contributed by atoms with van der Waals surface area (Å²) in [6, 6.07) is 6.57. The molecule has 0 N–H and O–H groups in total. The van der Waals surface area contributed by atoms with Gasteiger partial charge in [-0.2, -0.15) is 0 Å². The minimum absolute atomic E-state index is 0.343. The molecular weight excluding hydrogens is 406 g/mol. The van der Waals surface area contributed by atoms with Gasteiger partial charge in [-0.3, -0.25) is 9.36 Å². The molecule has 0 atom stereocenters. The van der Waals surface area contributed by atoms with Crippen LogP contribution in [-0.2, 0) is 11.5 Å². The largest absolute Gasteiger partial charge is 0.361 e. The van der Waals surface area contributed by atoms with E-state index in [0.717, 1.165) is 23.4 Å². The SMILES string of the molecule is C[Si](C)(C)CCOCn1cc(C=O)c2nc(-n3cnc4cc(Cl)ccc43)cnc21. The van der Waals surface area contributed by atoms with Crippen molar-refractivity contribution in [3.05, 3.63) is 47.5 Å². The number of carbonyl (C=O) groups excluding carboxylic acids is 1. The minimum Gasteiger partial charge on any atom is -0.361 e. The zero-order valence-electron chi connectivity index (χ0n) is 16.6. The third kappa shape index (κ3) is 4.10. The van der Waals surface area contributed by atoms with E-state index in [1.807, 2.05) is 15.2 Å². The summed E-state index contributed by atoms with van der Waals surface area (Å²) >= 11 is 6.04. The van der Waals surface area contributed by atoms with Crippen molar-refractivity contribution in [3.63, 3.8) is 0 Å². The number of carbonyl (C=O) groups is 1. The summed E-state index contributed by atoms with van der Waals surface area (Å²) in [5.74, 6) is 0.586. The van der Waals surface area contributed by atoms with E-state index in [2.05, 4.69) is 34.6 Å². The van der Waals surface area contributed by atoms with Crippen LogP contribution in [0.1, 0.15) is 10.4 Å². The maximum atomic E-state index is 11.6. The summed E-state index contributed by atoms with van der Waals surface area (Å²) in [5.41, 5.74) is 3.28. The van der Waals surface area contributed by atoms with Crippen LogP contribution in [0.3, 0.4) is 0 Å². The van der Waals surface area contributed by atoms with E-state index in [-0.39, 0.29) is 0 Å². The van der Waals surface area contributed by atoms with E-state index in [1.165, 1.54) is 0 Å². The molecule has 9 heteroatoms. The van der Waals surface area contributed by atoms with Crippen LogP contribution in [0.5, 0.6) is 0 Å². The van der Waals surface area contributed by atoms with Gasteiger partial charge in [0.1, 0.15) is 18.6 Å². The molecule has 7 nitrogen and oxygen atoms in total. The van der Waals surface area contributed by atoms with Crippen molar-refractivity contribution < 1.29 is 9.53 Å². The first-order valence-corrected chi connectivity index (χ1v) is 13.5. The van der Waals surface area contributed by atoms with Crippen molar-refractivity contribution in [2.45, 2.75) is 32.4 Å². The zero-order valence-corrected chi connectivity index (χ0v) is 18.3. The van der Waals surface area contributed by atoms with Crippen molar-refractivity contribution in [3.8, 4) is 5.82 Å². The highest BCUT2D eigenvalue weighted by Gasteiger charge is 2.15. The second-order valence-electron chi connectivity index (χ2n) is 8.17. The number of hydrogen-bond donors (Lipinski definition) is 0. The van der Waals surface area contributed by atoms with Crippen LogP contribution in [0.2, 0.25) is 30.7 Å². The Morgan fingerprint density at radius 3 is 2.83 bits per heavy atom. The monoisotopic (exact) mass is 427 g/mol. The lowest BCUT2D eigenvalue weighted by atomic mass is 10.3. The molecule has 0 aliphatic rings. The number of halogens is 1. The molecule has 29 heavy (non-hydrogen) atoms. The number of hydrogen-bond acceptors (Lipinski definition) is 5. The third-order valence-electron chi connectivity index (χ3n) is 4.69. The number of aromatic nitrogens is 5. The molecule has 0 amide bonds. The van der Waals surface area contributed by atoms with Gasteiger partial charge in [0, 0.05) is 25.9 Å². The fourth-order valence-corrected chi connectivity index (χ4v) is 4.00. The first kappa shape index (κ1) is 19.7. The van der Waals surface area contributed by atoms with Gasteiger partial charge in [-0.1, -0.05) is 31.2 Å². The highest BCUT2D eigenvalue weighted by atomic mass is 35.5. The fraction of sp³-hybridized carbons (Fsp3) is 0.300. The van der Waals surface area contributed by atoms with Crippen LogP contribution >= 0.6 is 11.6 Å². The Balaban J connectivity index is 1.66. The lowest BCUT2D eigenvalue weighted by molar-refractivity contribution is 0.0897. The Hall–Kier alpha value is -2.55. The van der Waals surface area contributed by atoms with Crippen LogP contribution in [-0.4, -0.2) is 45.1 Å². The van der Waals surface area contributed by atoms with Crippen LogP contribution in [0.15, 0.2) is 36.9 Å². The molecule has 0 saturated heterocycles. The lowest BCUT2D eigenvalue weighted by Crippen LogP contribution is -2.22. The van der Waals surface area contributed by atoms with Crippen LogP contribution in [0.4, 0.5) is 0 Å². The third-order valence-corrected chi connectivity index (χ3v) is 6.63. The molecule has 4 rings (SSSR count).